The standard InChI is InChI=1S/C10H11NO2/c1-6-4-8-9(5-7(6)2)13-11(3)10(8)12/h4-5H,1-3H3. The van der Waals surface area contributed by atoms with E-state index < -0.39 is 0 Å². The molecule has 3 nitrogen and oxygen atoms in total. The zero-order chi connectivity index (χ0) is 9.59. The highest BCUT2D eigenvalue weighted by atomic mass is 16.5. The van der Waals surface area contributed by atoms with Crippen LogP contribution in [0.4, 0.5) is 0 Å². The SMILES string of the molecule is Cc1cc2on(C)c(=O)c2cc1C. The molecular formula is C10H11NO2. The second-order valence-corrected chi connectivity index (χ2v) is 3.33. The van der Waals surface area contributed by atoms with Crippen LogP contribution in [-0.2, 0) is 7.05 Å². The highest BCUT2D eigenvalue weighted by Gasteiger charge is 2.07. The van der Waals surface area contributed by atoms with Crippen LogP contribution in [0.2, 0.25) is 0 Å². The van der Waals surface area contributed by atoms with Gasteiger partial charge in [-0.15, -0.1) is 0 Å². The number of hydrogen-bond donors (Lipinski definition) is 0. The molecule has 0 atom stereocenters. The fourth-order valence-corrected chi connectivity index (χ4v) is 1.39. The monoisotopic (exact) mass is 177 g/mol. The average molecular weight is 177 g/mol. The van der Waals surface area contributed by atoms with E-state index in [-0.39, 0.29) is 5.56 Å². The van der Waals surface area contributed by atoms with Crippen LogP contribution in [0, 0.1) is 13.8 Å². The molecule has 0 unspecified atom stereocenters. The number of aromatic nitrogens is 1. The van der Waals surface area contributed by atoms with Gasteiger partial charge in [0.05, 0.1) is 5.39 Å². The third-order valence-electron chi connectivity index (χ3n) is 2.35. The Labute approximate surface area is 75.5 Å². The lowest BCUT2D eigenvalue weighted by atomic mass is 10.1. The van der Waals surface area contributed by atoms with Gasteiger partial charge in [-0.25, -0.2) is 0 Å². The van der Waals surface area contributed by atoms with Crippen molar-refractivity contribution in [1.29, 1.82) is 0 Å². The lowest BCUT2D eigenvalue weighted by Gasteiger charge is -1.95. The zero-order valence-electron chi connectivity index (χ0n) is 7.92. The quantitative estimate of drug-likeness (QED) is 0.614. The van der Waals surface area contributed by atoms with Crippen LogP contribution in [0.25, 0.3) is 11.0 Å². The molecule has 0 aliphatic heterocycles. The molecule has 0 spiro atoms. The van der Waals surface area contributed by atoms with Crippen molar-refractivity contribution in [3.63, 3.8) is 0 Å². The summed E-state index contributed by atoms with van der Waals surface area (Å²) in [6, 6.07) is 3.77. The molecule has 1 aromatic heterocycles. The minimum Gasteiger partial charge on any atom is -0.376 e. The van der Waals surface area contributed by atoms with Gasteiger partial charge < -0.3 is 4.52 Å². The van der Waals surface area contributed by atoms with Gasteiger partial charge in [-0.05, 0) is 37.1 Å². The molecule has 0 radical (unpaired) electrons. The predicted molar refractivity (Wildman–Crippen MR) is 50.9 cm³/mol. The first kappa shape index (κ1) is 8.10. The highest BCUT2D eigenvalue weighted by molar-refractivity contribution is 5.77. The number of rotatable bonds is 0. The Bertz CT molecular complexity index is 519. The Hall–Kier alpha value is -1.51. The number of aryl methyl sites for hydroxylation is 3. The van der Waals surface area contributed by atoms with Crippen LogP contribution in [-0.4, -0.2) is 4.74 Å². The van der Waals surface area contributed by atoms with E-state index in [9.17, 15) is 4.79 Å². The number of fused-ring (bicyclic) bond motifs is 1. The first-order valence-corrected chi connectivity index (χ1v) is 4.17. The summed E-state index contributed by atoms with van der Waals surface area (Å²) in [6.07, 6.45) is 0. The largest absolute Gasteiger partial charge is 0.376 e. The minimum absolute atomic E-state index is 0.0712. The van der Waals surface area contributed by atoms with Gasteiger partial charge in [-0.3, -0.25) is 4.79 Å². The third-order valence-corrected chi connectivity index (χ3v) is 2.35. The summed E-state index contributed by atoms with van der Waals surface area (Å²) in [4.78, 5) is 11.5. The van der Waals surface area contributed by atoms with Crippen molar-refractivity contribution in [1.82, 2.24) is 4.74 Å². The first-order valence-electron chi connectivity index (χ1n) is 4.17. The molecule has 0 N–H and O–H groups in total. The number of nitrogens with zero attached hydrogens (tertiary/aromatic N) is 1. The second-order valence-electron chi connectivity index (χ2n) is 3.33. The van der Waals surface area contributed by atoms with Crippen LogP contribution in [0.15, 0.2) is 21.5 Å². The maximum Gasteiger partial charge on any atom is 0.290 e. The van der Waals surface area contributed by atoms with Gasteiger partial charge in [0.1, 0.15) is 0 Å². The number of benzene rings is 1. The zero-order valence-corrected chi connectivity index (χ0v) is 7.92. The van der Waals surface area contributed by atoms with Crippen LogP contribution < -0.4 is 5.56 Å². The normalized spacial score (nSPS) is 11.0. The van der Waals surface area contributed by atoms with Gasteiger partial charge in [-0.1, -0.05) is 0 Å². The molecule has 13 heavy (non-hydrogen) atoms. The Kier molecular flexibility index (Phi) is 1.55. The Morgan fingerprint density at radius 3 is 2.54 bits per heavy atom. The van der Waals surface area contributed by atoms with Crippen LogP contribution in [0.5, 0.6) is 0 Å². The fraction of sp³-hybridized carbons (Fsp3) is 0.300. The molecule has 0 saturated carbocycles. The Morgan fingerprint density at radius 1 is 1.23 bits per heavy atom. The van der Waals surface area contributed by atoms with E-state index >= 15 is 0 Å². The fourth-order valence-electron chi connectivity index (χ4n) is 1.39. The third kappa shape index (κ3) is 1.08. The number of hydrogen-bond acceptors (Lipinski definition) is 2. The maximum atomic E-state index is 11.5. The van der Waals surface area contributed by atoms with Gasteiger partial charge in [0.15, 0.2) is 5.58 Å². The van der Waals surface area contributed by atoms with Gasteiger partial charge in [-0.2, -0.15) is 4.74 Å². The van der Waals surface area contributed by atoms with Crippen molar-refractivity contribution in [2.45, 2.75) is 13.8 Å². The molecule has 0 aliphatic carbocycles. The van der Waals surface area contributed by atoms with E-state index in [2.05, 4.69) is 0 Å². The molecule has 0 fully saturated rings. The van der Waals surface area contributed by atoms with Gasteiger partial charge in [0.2, 0.25) is 0 Å². The van der Waals surface area contributed by atoms with Crippen molar-refractivity contribution >= 4 is 11.0 Å². The molecule has 1 heterocycles. The van der Waals surface area contributed by atoms with Gasteiger partial charge in [0, 0.05) is 7.05 Å². The van der Waals surface area contributed by atoms with Crippen molar-refractivity contribution in [2.24, 2.45) is 7.05 Å². The van der Waals surface area contributed by atoms with Crippen molar-refractivity contribution < 1.29 is 4.52 Å². The predicted octanol–water partition coefficient (Wildman–Crippen LogP) is 1.75. The molecule has 0 saturated heterocycles. The minimum atomic E-state index is -0.0712. The molecule has 0 bridgehead atoms. The summed E-state index contributed by atoms with van der Waals surface area (Å²) < 4.78 is 6.49. The summed E-state index contributed by atoms with van der Waals surface area (Å²) in [5.41, 5.74) is 2.85. The van der Waals surface area contributed by atoms with E-state index in [1.54, 1.807) is 7.05 Å². The first-order chi connectivity index (χ1) is 6.09. The lowest BCUT2D eigenvalue weighted by Crippen LogP contribution is -2.08. The molecule has 3 heteroatoms. The maximum absolute atomic E-state index is 11.5. The van der Waals surface area contributed by atoms with E-state index in [1.807, 2.05) is 26.0 Å². The van der Waals surface area contributed by atoms with E-state index in [0.717, 1.165) is 11.1 Å². The highest BCUT2D eigenvalue weighted by Crippen LogP contribution is 2.16. The van der Waals surface area contributed by atoms with Crippen molar-refractivity contribution in [3.05, 3.63) is 33.6 Å². The molecule has 0 amide bonds. The second kappa shape index (κ2) is 2.49. The topological polar surface area (TPSA) is 35.1 Å². The van der Waals surface area contributed by atoms with Gasteiger partial charge >= 0.3 is 0 Å². The Balaban J connectivity index is 2.97. The average Bonchev–Trinajstić information content (AvgIpc) is 2.32. The Morgan fingerprint density at radius 2 is 1.85 bits per heavy atom. The van der Waals surface area contributed by atoms with Gasteiger partial charge in [0.25, 0.3) is 5.56 Å². The summed E-state index contributed by atoms with van der Waals surface area (Å²) in [7, 11) is 1.62. The van der Waals surface area contributed by atoms with Crippen molar-refractivity contribution in [3.8, 4) is 0 Å². The summed E-state index contributed by atoms with van der Waals surface area (Å²) in [6.45, 7) is 3.99. The molecule has 2 rings (SSSR count). The molecule has 2 aromatic rings. The molecule has 0 aliphatic rings. The van der Waals surface area contributed by atoms with Crippen LogP contribution >= 0.6 is 0 Å². The van der Waals surface area contributed by atoms with Crippen LogP contribution in [0.3, 0.4) is 0 Å². The van der Waals surface area contributed by atoms with E-state index in [1.165, 1.54) is 4.74 Å². The summed E-state index contributed by atoms with van der Waals surface area (Å²) in [5, 5.41) is 0.658. The summed E-state index contributed by atoms with van der Waals surface area (Å²) in [5.74, 6) is 0. The molecular weight excluding hydrogens is 166 g/mol. The lowest BCUT2D eigenvalue weighted by molar-refractivity contribution is 0.324. The molecule has 1 aromatic carbocycles. The summed E-state index contributed by atoms with van der Waals surface area (Å²) >= 11 is 0. The van der Waals surface area contributed by atoms with Crippen LogP contribution in [0.1, 0.15) is 11.1 Å². The van der Waals surface area contributed by atoms with E-state index in [0.29, 0.717) is 11.0 Å². The molecule has 68 valence electrons. The van der Waals surface area contributed by atoms with Crippen molar-refractivity contribution in [2.75, 3.05) is 0 Å². The van der Waals surface area contributed by atoms with E-state index in [4.69, 9.17) is 4.52 Å². The smallest absolute Gasteiger partial charge is 0.290 e.